The molecule has 2 nitrogen and oxygen atoms in total. The second-order valence-corrected chi connectivity index (χ2v) is 5.30. The van der Waals surface area contributed by atoms with E-state index in [9.17, 15) is 8.78 Å². The van der Waals surface area contributed by atoms with E-state index in [2.05, 4.69) is 21.2 Å². The Morgan fingerprint density at radius 3 is 2.45 bits per heavy atom. The van der Waals surface area contributed by atoms with Crippen LogP contribution in [0.15, 0.2) is 40.9 Å². The molecule has 20 heavy (non-hydrogen) atoms. The molecule has 0 fully saturated rings. The molecule has 1 unspecified atom stereocenters. The summed E-state index contributed by atoms with van der Waals surface area (Å²) in [5, 5.41) is 3.02. The van der Waals surface area contributed by atoms with E-state index < -0.39 is 5.82 Å². The van der Waals surface area contributed by atoms with E-state index in [0.717, 1.165) is 0 Å². The first-order valence-electron chi connectivity index (χ1n) is 6.06. The Morgan fingerprint density at radius 1 is 1.10 bits per heavy atom. The van der Waals surface area contributed by atoms with Crippen molar-refractivity contribution in [2.75, 3.05) is 12.4 Å². The largest absolute Gasteiger partial charge is 0.494 e. The van der Waals surface area contributed by atoms with E-state index in [0.29, 0.717) is 15.7 Å². The molecular weight excluding hydrogens is 328 g/mol. The topological polar surface area (TPSA) is 21.3 Å². The van der Waals surface area contributed by atoms with Crippen LogP contribution in [0.5, 0.6) is 5.75 Å². The molecule has 0 heterocycles. The van der Waals surface area contributed by atoms with Gasteiger partial charge in [-0.15, -0.1) is 0 Å². The molecule has 106 valence electrons. The first kappa shape index (κ1) is 14.8. The Bertz CT molecular complexity index is 619. The molecule has 0 saturated carbocycles. The summed E-state index contributed by atoms with van der Waals surface area (Å²) in [5.74, 6) is -0.606. The molecule has 0 bridgehead atoms. The van der Waals surface area contributed by atoms with E-state index in [1.165, 1.54) is 19.2 Å². The number of nitrogens with one attached hydrogen (secondary N) is 1. The Kier molecular flexibility index (Phi) is 4.60. The molecular formula is C15H14BrF2NO. The number of benzene rings is 2. The standard InChI is InChI=1S/C15H14BrF2NO/c1-9(10-3-6-15(20-2)13(18)7-10)19-14-5-4-11(16)8-12(14)17/h3-9,19H,1-2H3. The van der Waals surface area contributed by atoms with Crippen LogP contribution < -0.4 is 10.1 Å². The predicted molar refractivity (Wildman–Crippen MR) is 79.1 cm³/mol. The lowest BCUT2D eigenvalue weighted by atomic mass is 10.1. The highest BCUT2D eigenvalue weighted by atomic mass is 79.9. The van der Waals surface area contributed by atoms with Crippen LogP contribution in [0.1, 0.15) is 18.5 Å². The summed E-state index contributed by atoms with van der Waals surface area (Å²) in [6.45, 7) is 1.84. The summed E-state index contributed by atoms with van der Waals surface area (Å²) in [6.07, 6.45) is 0. The van der Waals surface area contributed by atoms with E-state index >= 15 is 0 Å². The summed E-state index contributed by atoms with van der Waals surface area (Å²) in [6, 6.07) is 9.21. The van der Waals surface area contributed by atoms with Crippen LogP contribution in [-0.2, 0) is 0 Å². The van der Waals surface area contributed by atoms with Crippen molar-refractivity contribution in [3.05, 3.63) is 58.1 Å². The van der Waals surface area contributed by atoms with Gasteiger partial charge in [0.05, 0.1) is 12.8 Å². The zero-order valence-electron chi connectivity index (χ0n) is 11.1. The number of anilines is 1. The molecule has 5 heteroatoms. The zero-order valence-corrected chi connectivity index (χ0v) is 12.7. The number of rotatable bonds is 4. The average Bonchev–Trinajstić information content (AvgIpc) is 2.41. The van der Waals surface area contributed by atoms with Crippen LogP contribution in [0.25, 0.3) is 0 Å². The summed E-state index contributed by atoms with van der Waals surface area (Å²) >= 11 is 3.20. The summed E-state index contributed by atoms with van der Waals surface area (Å²) in [4.78, 5) is 0. The molecule has 0 aliphatic rings. The van der Waals surface area contributed by atoms with Gasteiger partial charge < -0.3 is 10.1 Å². The van der Waals surface area contributed by atoms with Crippen molar-refractivity contribution in [2.24, 2.45) is 0 Å². The van der Waals surface area contributed by atoms with Gasteiger partial charge >= 0.3 is 0 Å². The number of hydrogen-bond acceptors (Lipinski definition) is 2. The third kappa shape index (κ3) is 3.28. The molecule has 0 radical (unpaired) electrons. The molecule has 0 aromatic heterocycles. The van der Waals surface area contributed by atoms with E-state index in [1.807, 2.05) is 6.92 Å². The fourth-order valence-corrected chi connectivity index (χ4v) is 2.21. The van der Waals surface area contributed by atoms with Crippen LogP contribution in [0.3, 0.4) is 0 Å². The maximum atomic E-state index is 13.7. The molecule has 0 amide bonds. The van der Waals surface area contributed by atoms with Gasteiger partial charge in [-0.1, -0.05) is 22.0 Å². The van der Waals surface area contributed by atoms with Crippen molar-refractivity contribution < 1.29 is 13.5 Å². The third-order valence-electron chi connectivity index (χ3n) is 2.98. The molecule has 0 aliphatic heterocycles. The molecule has 2 aromatic carbocycles. The Hall–Kier alpha value is -1.62. The van der Waals surface area contributed by atoms with Crippen molar-refractivity contribution in [2.45, 2.75) is 13.0 Å². The smallest absolute Gasteiger partial charge is 0.165 e. The predicted octanol–water partition coefficient (Wildman–Crippen LogP) is 4.91. The lowest BCUT2D eigenvalue weighted by Crippen LogP contribution is -2.08. The van der Waals surface area contributed by atoms with Gasteiger partial charge in [0, 0.05) is 10.5 Å². The van der Waals surface area contributed by atoms with Gasteiger partial charge in [0.2, 0.25) is 0 Å². The van der Waals surface area contributed by atoms with Crippen LogP contribution in [-0.4, -0.2) is 7.11 Å². The fraction of sp³-hybridized carbons (Fsp3) is 0.200. The lowest BCUT2D eigenvalue weighted by Gasteiger charge is -2.17. The highest BCUT2D eigenvalue weighted by Gasteiger charge is 2.11. The summed E-state index contributed by atoms with van der Waals surface area (Å²) < 4.78 is 32.9. The zero-order chi connectivity index (χ0) is 14.7. The summed E-state index contributed by atoms with van der Waals surface area (Å²) in [7, 11) is 1.41. The van der Waals surface area contributed by atoms with Gasteiger partial charge in [0.25, 0.3) is 0 Å². The Morgan fingerprint density at radius 2 is 1.85 bits per heavy atom. The summed E-state index contributed by atoms with van der Waals surface area (Å²) in [5.41, 5.74) is 1.09. The van der Waals surface area contributed by atoms with Crippen molar-refractivity contribution in [1.29, 1.82) is 0 Å². The minimum absolute atomic E-state index is 0.191. The second kappa shape index (κ2) is 6.22. The van der Waals surface area contributed by atoms with Gasteiger partial charge in [0.15, 0.2) is 11.6 Å². The van der Waals surface area contributed by atoms with Crippen molar-refractivity contribution in [1.82, 2.24) is 0 Å². The molecule has 0 spiro atoms. The SMILES string of the molecule is COc1ccc(C(C)Nc2ccc(Br)cc2F)cc1F. The average molecular weight is 342 g/mol. The van der Waals surface area contributed by atoms with Crippen LogP contribution in [0.2, 0.25) is 0 Å². The highest BCUT2D eigenvalue weighted by Crippen LogP contribution is 2.26. The molecule has 1 atom stereocenters. The maximum Gasteiger partial charge on any atom is 0.165 e. The van der Waals surface area contributed by atoms with Gasteiger partial charge in [0.1, 0.15) is 5.82 Å². The van der Waals surface area contributed by atoms with Gasteiger partial charge in [-0.2, -0.15) is 0 Å². The normalized spacial score (nSPS) is 12.1. The van der Waals surface area contributed by atoms with Gasteiger partial charge in [-0.05, 0) is 42.8 Å². The molecule has 0 saturated heterocycles. The van der Waals surface area contributed by atoms with Crippen molar-refractivity contribution in [3.8, 4) is 5.75 Å². The monoisotopic (exact) mass is 341 g/mol. The van der Waals surface area contributed by atoms with E-state index in [-0.39, 0.29) is 17.6 Å². The highest BCUT2D eigenvalue weighted by molar-refractivity contribution is 9.10. The molecule has 1 N–H and O–H groups in total. The van der Waals surface area contributed by atoms with Crippen LogP contribution in [0.4, 0.5) is 14.5 Å². The van der Waals surface area contributed by atoms with Crippen LogP contribution in [0, 0.1) is 11.6 Å². The van der Waals surface area contributed by atoms with Gasteiger partial charge in [-0.25, -0.2) is 8.78 Å². The molecule has 2 aromatic rings. The van der Waals surface area contributed by atoms with Crippen LogP contribution >= 0.6 is 15.9 Å². The van der Waals surface area contributed by atoms with Crippen molar-refractivity contribution in [3.63, 3.8) is 0 Å². The third-order valence-corrected chi connectivity index (χ3v) is 3.47. The van der Waals surface area contributed by atoms with Crippen molar-refractivity contribution >= 4 is 21.6 Å². The van der Waals surface area contributed by atoms with E-state index in [1.54, 1.807) is 24.3 Å². The quantitative estimate of drug-likeness (QED) is 0.853. The first-order chi connectivity index (χ1) is 9.51. The fourth-order valence-electron chi connectivity index (χ4n) is 1.88. The first-order valence-corrected chi connectivity index (χ1v) is 6.85. The lowest BCUT2D eigenvalue weighted by molar-refractivity contribution is 0.386. The Labute approximate surface area is 124 Å². The van der Waals surface area contributed by atoms with Gasteiger partial charge in [-0.3, -0.25) is 0 Å². The number of methoxy groups -OCH3 is 1. The second-order valence-electron chi connectivity index (χ2n) is 4.38. The number of hydrogen-bond donors (Lipinski definition) is 1. The number of halogens is 3. The van der Waals surface area contributed by atoms with E-state index in [4.69, 9.17) is 4.74 Å². The number of ether oxygens (including phenoxy) is 1. The molecule has 0 aliphatic carbocycles. The minimum Gasteiger partial charge on any atom is -0.494 e. The molecule has 2 rings (SSSR count). The maximum absolute atomic E-state index is 13.7. The minimum atomic E-state index is -0.435. The Balaban J connectivity index is 2.19.